The number of rotatable bonds is 0. The monoisotopic (exact) mass is 150 g/mol. The van der Waals surface area contributed by atoms with Gasteiger partial charge >= 0.3 is 0 Å². The maximum absolute atomic E-state index is 9.05. The van der Waals surface area contributed by atoms with Gasteiger partial charge in [0, 0.05) is 18.4 Å². The molecule has 9 heavy (non-hydrogen) atoms. The molecular formula is C6H13ClNO. The molecule has 0 aliphatic heterocycles. The summed E-state index contributed by atoms with van der Waals surface area (Å²) < 4.78 is 0. The van der Waals surface area contributed by atoms with Crippen molar-refractivity contribution in [3.63, 3.8) is 0 Å². The van der Waals surface area contributed by atoms with Crippen molar-refractivity contribution in [2.45, 2.75) is 37.8 Å². The zero-order valence-electron chi connectivity index (χ0n) is 5.39. The number of halogens is 1. The van der Waals surface area contributed by atoms with E-state index in [0.717, 1.165) is 19.3 Å². The molecule has 0 bridgehead atoms. The molecule has 1 fully saturated rings. The molecule has 0 unspecified atom stereocenters. The molecule has 1 radical (unpaired) electrons. The lowest BCUT2D eigenvalue weighted by Crippen LogP contribution is -2.37. The van der Waals surface area contributed by atoms with Crippen molar-refractivity contribution in [1.29, 1.82) is 0 Å². The minimum Gasteiger partial charge on any atom is -0.392 e. The van der Waals surface area contributed by atoms with Gasteiger partial charge in [0.2, 0.25) is 0 Å². The van der Waals surface area contributed by atoms with Crippen LogP contribution in [0.15, 0.2) is 0 Å². The maximum Gasteiger partial charge on any atom is 0.0691 e. The van der Waals surface area contributed by atoms with Crippen LogP contribution in [0.3, 0.4) is 0 Å². The van der Waals surface area contributed by atoms with Gasteiger partial charge < -0.3 is 10.8 Å². The molecular weight excluding hydrogens is 138 g/mol. The summed E-state index contributed by atoms with van der Waals surface area (Å²) in [6.07, 6.45) is 4.03. The summed E-state index contributed by atoms with van der Waals surface area (Å²) in [6.45, 7) is 0. The summed E-state index contributed by atoms with van der Waals surface area (Å²) in [4.78, 5) is 0. The van der Waals surface area contributed by atoms with Gasteiger partial charge in [-0.25, -0.2) is 0 Å². The van der Waals surface area contributed by atoms with Crippen LogP contribution in [-0.2, 0) is 0 Å². The summed E-state index contributed by atoms with van der Waals surface area (Å²) in [6, 6.07) is 0.0590. The Kier molecular flexibility index (Phi) is 4.19. The number of aliphatic hydroxyl groups is 1. The highest BCUT2D eigenvalue weighted by atomic mass is 35.5. The average molecular weight is 151 g/mol. The van der Waals surface area contributed by atoms with E-state index in [9.17, 15) is 0 Å². The van der Waals surface area contributed by atoms with Gasteiger partial charge in [-0.3, -0.25) is 0 Å². The predicted octanol–water partition coefficient (Wildman–Crippen LogP) is 0.938. The van der Waals surface area contributed by atoms with Crippen LogP contribution < -0.4 is 5.73 Å². The van der Waals surface area contributed by atoms with Gasteiger partial charge in [-0.05, 0) is 12.8 Å². The van der Waals surface area contributed by atoms with Crippen molar-refractivity contribution >= 4 is 12.4 Å². The SMILES string of the molecule is N[C@@H]1CCCC[C@H]1O.[Cl]. The highest BCUT2D eigenvalue weighted by molar-refractivity contribution is 5.85. The van der Waals surface area contributed by atoms with Crippen molar-refractivity contribution in [2.24, 2.45) is 5.73 Å². The largest absolute Gasteiger partial charge is 0.392 e. The highest BCUT2D eigenvalue weighted by Crippen LogP contribution is 2.15. The minimum atomic E-state index is -0.219. The van der Waals surface area contributed by atoms with Crippen molar-refractivity contribution in [2.75, 3.05) is 0 Å². The summed E-state index contributed by atoms with van der Waals surface area (Å²) in [5.74, 6) is 0. The third-order valence-corrected chi connectivity index (χ3v) is 1.78. The molecule has 0 spiro atoms. The summed E-state index contributed by atoms with van der Waals surface area (Å²) in [5.41, 5.74) is 5.53. The van der Waals surface area contributed by atoms with Gasteiger partial charge in [-0.15, -0.1) is 0 Å². The lowest BCUT2D eigenvalue weighted by molar-refractivity contribution is 0.108. The van der Waals surface area contributed by atoms with Crippen LogP contribution in [0.2, 0.25) is 0 Å². The molecule has 2 atom stereocenters. The predicted molar refractivity (Wildman–Crippen MR) is 38.3 cm³/mol. The Labute approximate surface area is 61.8 Å². The van der Waals surface area contributed by atoms with Gasteiger partial charge in [-0.2, -0.15) is 0 Å². The van der Waals surface area contributed by atoms with Crippen LogP contribution in [0, 0.1) is 0 Å². The number of hydrogen-bond acceptors (Lipinski definition) is 2. The fraction of sp³-hybridized carbons (Fsp3) is 1.00. The Morgan fingerprint density at radius 3 is 2.11 bits per heavy atom. The molecule has 1 aliphatic rings. The molecule has 1 rings (SSSR count). The smallest absolute Gasteiger partial charge is 0.0691 e. The van der Waals surface area contributed by atoms with Crippen LogP contribution in [0.1, 0.15) is 25.7 Å². The van der Waals surface area contributed by atoms with E-state index in [0.29, 0.717) is 0 Å². The molecule has 1 aliphatic carbocycles. The van der Waals surface area contributed by atoms with E-state index < -0.39 is 0 Å². The quantitative estimate of drug-likeness (QED) is 0.540. The van der Waals surface area contributed by atoms with E-state index in [1.54, 1.807) is 0 Å². The molecule has 3 N–H and O–H groups in total. The topological polar surface area (TPSA) is 46.2 Å². The maximum atomic E-state index is 9.05. The molecule has 0 aromatic carbocycles. The molecule has 0 aromatic heterocycles. The Hall–Kier alpha value is 0.210. The normalized spacial score (nSPS) is 35.3. The van der Waals surface area contributed by atoms with Crippen molar-refractivity contribution in [1.82, 2.24) is 0 Å². The van der Waals surface area contributed by atoms with Crippen molar-refractivity contribution in [3.8, 4) is 0 Å². The van der Waals surface area contributed by atoms with Crippen molar-refractivity contribution in [3.05, 3.63) is 0 Å². The van der Waals surface area contributed by atoms with Crippen LogP contribution >= 0.6 is 12.4 Å². The molecule has 1 saturated carbocycles. The number of aliphatic hydroxyl groups excluding tert-OH is 1. The molecule has 0 amide bonds. The second-order valence-corrected chi connectivity index (χ2v) is 2.52. The average Bonchev–Trinajstić information content (AvgIpc) is 1.77. The first-order valence-corrected chi connectivity index (χ1v) is 3.24. The van der Waals surface area contributed by atoms with E-state index in [4.69, 9.17) is 10.8 Å². The standard InChI is InChI=1S/C6H13NO.Cl/c7-5-3-1-2-4-6(5)8;/h5-6,8H,1-4,7H2;/t5-,6-;/m1./s1. The molecule has 55 valence electrons. The molecule has 0 saturated heterocycles. The van der Waals surface area contributed by atoms with Crippen LogP contribution in [0.4, 0.5) is 0 Å². The highest BCUT2D eigenvalue weighted by Gasteiger charge is 2.17. The number of nitrogens with two attached hydrogens (primary N) is 1. The molecule has 3 heteroatoms. The first kappa shape index (κ1) is 9.21. The fourth-order valence-corrected chi connectivity index (χ4v) is 1.14. The Bertz CT molecular complexity index is 69.5. The van der Waals surface area contributed by atoms with Gasteiger partial charge in [0.25, 0.3) is 0 Å². The minimum absolute atomic E-state index is 0. The lowest BCUT2D eigenvalue weighted by atomic mass is 9.94. The van der Waals surface area contributed by atoms with Crippen LogP contribution in [-0.4, -0.2) is 17.3 Å². The van der Waals surface area contributed by atoms with E-state index in [1.807, 2.05) is 0 Å². The zero-order chi connectivity index (χ0) is 5.98. The van der Waals surface area contributed by atoms with E-state index in [2.05, 4.69) is 0 Å². The second kappa shape index (κ2) is 4.09. The molecule has 0 aromatic rings. The van der Waals surface area contributed by atoms with Gasteiger partial charge in [0.15, 0.2) is 0 Å². The third-order valence-electron chi connectivity index (χ3n) is 1.78. The molecule has 0 heterocycles. The Morgan fingerprint density at radius 2 is 1.78 bits per heavy atom. The van der Waals surface area contributed by atoms with E-state index >= 15 is 0 Å². The summed E-state index contributed by atoms with van der Waals surface area (Å²) in [5, 5.41) is 9.05. The third kappa shape index (κ3) is 2.52. The van der Waals surface area contributed by atoms with E-state index in [1.165, 1.54) is 6.42 Å². The van der Waals surface area contributed by atoms with Crippen molar-refractivity contribution < 1.29 is 5.11 Å². The summed E-state index contributed by atoms with van der Waals surface area (Å²) >= 11 is 0. The van der Waals surface area contributed by atoms with Gasteiger partial charge in [0.05, 0.1) is 6.10 Å². The number of hydrogen-bond donors (Lipinski definition) is 2. The fourth-order valence-electron chi connectivity index (χ4n) is 1.14. The zero-order valence-corrected chi connectivity index (χ0v) is 6.14. The second-order valence-electron chi connectivity index (χ2n) is 2.52. The first-order chi connectivity index (χ1) is 3.80. The molecule has 2 nitrogen and oxygen atoms in total. The Morgan fingerprint density at radius 1 is 1.22 bits per heavy atom. The van der Waals surface area contributed by atoms with Crippen LogP contribution in [0.25, 0.3) is 0 Å². The van der Waals surface area contributed by atoms with Gasteiger partial charge in [-0.1, -0.05) is 12.8 Å². The Balaban J connectivity index is 0.000000640. The van der Waals surface area contributed by atoms with E-state index in [-0.39, 0.29) is 24.6 Å². The lowest BCUT2D eigenvalue weighted by Gasteiger charge is -2.23. The first-order valence-electron chi connectivity index (χ1n) is 3.24. The van der Waals surface area contributed by atoms with Crippen LogP contribution in [0.5, 0.6) is 0 Å². The van der Waals surface area contributed by atoms with Gasteiger partial charge in [0.1, 0.15) is 0 Å². The summed E-state index contributed by atoms with van der Waals surface area (Å²) in [7, 11) is 0.